The van der Waals surface area contributed by atoms with Crippen LogP contribution in [0, 0.1) is 6.92 Å². The van der Waals surface area contributed by atoms with Crippen LogP contribution in [0.25, 0.3) is 6.08 Å². The second-order valence-corrected chi connectivity index (χ2v) is 8.57. The molecule has 3 amide bonds. The fraction of sp³-hybridized carbons (Fsp3) is 0.0833. The van der Waals surface area contributed by atoms with E-state index < -0.39 is 6.03 Å². The fourth-order valence-corrected chi connectivity index (χ4v) is 3.97. The Morgan fingerprint density at radius 3 is 2.13 bits per heavy atom. The molecule has 6 heteroatoms. The summed E-state index contributed by atoms with van der Waals surface area (Å²) in [7, 11) is 0. The Balaban J connectivity index is 1.45. The molecule has 1 fully saturated rings. The van der Waals surface area contributed by atoms with Gasteiger partial charge in [-0.15, -0.1) is 0 Å². The molecule has 0 aromatic heterocycles. The van der Waals surface area contributed by atoms with Crippen LogP contribution in [0.15, 0.2) is 88.3 Å². The largest absolute Gasteiger partial charge is 0.329 e. The van der Waals surface area contributed by atoms with Crippen molar-refractivity contribution >= 4 is 41.4 Å². The van der Waals surface area contributed by atoms with Gasteiger partial charge in [0.1, 0.15) is 5.70 Å². The number of hydrogen-bond acceptors (Lipinski definition) is 3. The van der Waals surface area contributed by atoms with Crippen molar-refractivity contribution in [1.29, 1.82) is 0 Å². The SMILES string of the molecule is Cc1ccc(CN2C(=O)N/C(=C\c3ccc(Sc4ccc(Cl)cc4)cc3)C2=O)cc1. The summed E-state index contributed by atoms with van der Waals surface area (Å²) in [6.45, 7) is 2.25. The van der Waals surface area contributed by atoms with Crippen molar-refractivity contribution < 1.29 is 9.59 Å². The highest BCUT2D eigenvalue weighted by atomic mass is 35.5. The van der Waals surface area contributed by atoms with Gasteiger partial charge >= 0.3 is 6.03 Å². The Labute approximate surface area is 184 Å². The number of halogens is 1. The molecule has 0 unspecified atom stereocenters. The van der Waals surface area contributed by atoms with Crippen molar-refractivity contribution in [2.24, 2.45) is 0 Å². The third-order valence-corrected chi connectivity index (χ3v) is 5.93. The zero-order valence-corrected chi connectivity index (χ0v) is 17.8. The third kappa shape index (κ3) is 4.75. The van der Waals surface area contributed by atoms with Crippen LogP contribution in [0.5, 0.6) is 0 Å². The summed E-state index contributed by atoms with van der Waals surface area (Å²) in [5, 5.41) is 3.38. The number of imide groups is 1. The number of benzene rings is 3. The van der Waals surface area contributed by atoms with Crippen LogP contribution in [0.3, 0.4) is 0 Å². The molecule has 1 heterocycles. The molecule has 1 saturated heterocycles. The van der Waals surface area contributed by atoms with E-state index in [0.29, 0.717) is 5.02 Å². The monoisotopic (exact) mass is 434 g/mol. The maximum Gasteiger partial charge on any atom is 0.329 e. The van der Waals surface area contributed by atoms with Gasteiger partial charge in [-0.3, -0.25) is 9.69 Å². The number of urea groups is 1. The van der Waals surface area contributed by atoms with Crippen molar-refractivity contribution in [3.8, 4) is 0 Å². The molecule has 3 aromatic carbocycles. The Hall–Kier alpha value is -3.02. The van der Waals surface area contributed by atoms with Gasteiger partial charge in [0.2, 0.25) is 0 Å². The average molecular weight is 435 g/mol. The molecule has 4 rings (SSSR count). The Morgan fingerprint density at radius 1 is 0.900 bits per heavy atom. The Bertz CT molecular complexity index is 1110. The van der Waals surface area contributed by atoms with E-state index in [1.807, 2.05) is 79.7 Å². The molecule has 0 atom stereocenters. The van der Waals surface area contributed by atoms with Gasteiger partial charge < -0.3 is 5.32 Å². The number of carbonyl (C=O) groups excluding carboxylic acids is 2. The first-order valence-electron chi connectivity index (χ1n) is 9.41. The summed E-state index contributed by atoms with van der Waals surface area (Å²) in [6.07, 6.45) is 1.70. The average Bonchev–Trinajstić information content (AvgIpc) is 3.00. The highest BCUT2D eigenvalue weighted by Gasteiger charge is 2.33. The predicted molar refractivity (Wildman–Crippen MR) is 120 cm³/mol. The number of amides is 3. The van der Waals surface area contributed by atoms with E-state index in [1.165, 1.54) is 4.90 Å². The van der Waals surface area contributed by atoms with Crippen molar-refractivity contribution in [1.82, 2.24) is 10.2 Å². The minimum absolute atomic E-state index is 0.249. The van der Waals surface area contributed by atoms with Gasteiger partial charge in [0.15, 0.2) is 0 Å². The van der Waals surface area contributed by atoms with Gasteiger partial charge in [0.05, 0.1) is 6.54 Å². The van der Waals surface area contributed by atoms with E-state index in [0.717, 1.165) is 26.5 Å². The lowest BCUT2D eigenvalue weighted by molar-refractivity contribution is -0.123. The molecule has 0 spiro atoms. The van der Waals surface area contributed by atoms with Crippen LogP contribution in [-0.4, -0.2) is 16.8 Å². The van der Waals surface area contributed by atoms with E-state index in [4.69, 9.17) is 11.6 Å². The van der Waals surface area contributed by atoms with Crippen molar-refractivity contribution in [3.05, 3.63) is 100 Å². The van der Waals surface area contributed by atoms with Gasteiger partial charge in [0, 0.05) is 14.8 Å². The van der Waals surface area contributed by atoms with E-state index >= 15 is 0 Å². The van der Waals surface area contributed by atoms with Gasteiger partial charge in [-0.25, -0.2) is 4.79 Å². The Kier molecular flexibility index (Phi) is 5.93. The second kappa shape index (κ2) is 8.78. The van der Waals surface area contributed by atoms with Crippen LogP contribution < -0.4 is 5.32 Å². The number of rotatable bonds is 5. The van der Waals surface area contributed by atoms with Crippen LogP contribution in [-0.2, 0) is 11.3 Å². The molecule has 30 heavy (non-hydrogen) atoms. The molecule has 0 bridgehead atoms. The molecular weight excluding hydrogens is 416 g/mol. The molecule has 0 saturated carbocycles. The lowest BCUT2D eigenvalue weighted by Crippen LogP contribution is -2.30. The molecule has 0 aliphatic carbocycles. The summed E-state index contributed by atoms with van der Waals surface area (Å²) in [5.74, 6) is -0.319. The molecule has 1 aliphatic heterocycles. The Morgan fingerprint density at radius 2 is 1.50 bits per heavy atom. The molecular formula is C24H19ClN2O2S. The first kappa shape index (κ1) is 20.3. The standard InChI is InChI=1S/C24H19ClN2O2S/c1-16-2-4-18(5-3-16)15-27-23(28)22(26-24(27)29)14-17-6-10-20(11-7-17)30-21-12-8-19(25)9-13-21/h2-14H,15H2,1H3,(H,26,29)/b22-14-. The van der Waals surface area contributed by atoms with Crippen molar-refractivity contribution in [2.75, 3.05) is 0 Å². The molecule has 0 radical (unpaired) electrons. The van der Waals surface area contributed by atoms with Crippen LogP contribution in [0.4, 0.5) is 4.79 Å². The van der Waals surface area contributed by atoms with Crippen LogP contribution in [0.2, 0.25) is 5.02 Å². The zero-order valence-electron chi connectivity index (χ0n) is 16.3. The number of aryl methyl sites for hydroxylation is 1. The summed E-state index contributed by atoms with van der Waals surface area (Å²) >= 11 is 7.55. The van der Waals surface area contributed by atoms with Crippen molar-refractivity contribution in [3.63, 3.8) is 0 Å². The zero-order chi connectivity index (χ0) is 21.1. The maximum absolute atomic E-state index is 12.7. The van der Waals surface area contributed by atoms with Crippen molar-refractivity contribution in [2.45, 2.75) is 23.3 Å². The summed E-state index contributed by atoms with van der Waals surface area (Å²) in [5.41, 5.74) is 3.17. The summed E-state index contributed by atoms with van der Waals surface area (Å²) in [6, 6.07) is 22.9. The summed E-state index contributed by atoms with van der Waals surface area (Å²) < 4.78 is 0. The normalized spacial score (nSPS) is 15.0. The first-order valence-corrected chi connectivity index (χ1v) is 10.6. The minimum Gasteiger partial charge on any atom is -0.303 e. The van der Waals surface area contributed by atoms with Crippen LogP contribution >= 0.6 is 23.4 Å². The lowest BCUT2D eigenvalue weighted by Gasteiger charge is -2.11. The van der Waals surface area contributed by atoms with Gasteiger partial charge in [-0.05, 0) is 60.5 Å². The molecule has 1 aliphatic rings. The number of nitrogens with zero attached hydrogens (tertiary/aromatic N) is 1. The van der Waals surface area contributed by atoms with E-state index in [9.17, 15) is 9.59 Å². The molecule has 3 aromatic rings. The van der Waals surface area contributed by atoms with Gasteiger partial charge in [-0.1, -0.05) is 65.3 Å². The van der Waals surface area contributed by atoms with Gasteiger partial charge in [-0.2, -0.15) is 0 Å². The maximum atomic E-state index is 12.7. The number of nitrogens with one attached hydrogen (secondary N) is 1. The highest BCUT2D eigenvalue weighted by Crippen LogP contribution is 2.29. The molecule has 150 valence electrons. The number of carbonyl (C=O) groups is 2. The fourth-order valence-electron chi connectivity index (χ4n) is 3.03. The topological polar surface area (TPSA) is 49.4 Å². The molecule has 4 nitrogen and oxygen atoms in total. The minimum atomic E-state index is -0.401. The second-order valence-electron chi connectivity index (χ2n) is 6.99. The number of hydrogen-bond donors (Lipinski definition) is 1. The lowest BCUT2D eigenvalue weighted by atomic mass is 10.1. The first-order chi connectivity index (χ1) is 14.5. The van der Waals surface area contributed by atoms with E-state index in [-0.39, 0.29) is 18.1 Å². The van der Waals surface area contributed by atoms with Gasteiger partial charge in [0.25, 0.3) is 5.91 Å². The molecule has 1 N–H and O–H groups in total. The smallest absolute Gasteiger partial charge is 0.303 e. The quantitative estimate of drug-likeness (QED) is 0.402. The highest BCUT2D eigenvalue weighted by molar-refractivity contribution is 7.99. The van der Waals surface area contributed by atoms with E-state index in [1.54, 1.807) is 17.8 Å². The summed E-state index contributed by atoms with van der Waals surface area (Å²) in [4.78, 5) is 28.4. The predicted octanol–water partition coefficient (Wildman–Crippen LogP) is 5.89. The van der Waals surface area contributed by atoms with Crippen LogP contribution in [0.1, 0.15) is 16.7 Å². The van der Waals surface area contributed by atoms with E-state index in [2.05, 4.69) is 5.32 Å². The third-order valence-electron chi connectivity index (χ3n) is 4.66.